The molecule has 0 bridgehead atoms. The third kappa shape index (κ3) is 5.85. The molecule has 152 valence electrons. The molecule has 1 unspecified atom stereocenters. The van der Waals surface area contributed by atoms with Crippen LogP contribution < -0.4 is 20.1 Å². The van der Waals surface area contributed by atoms with Gasteiger partial charge in [0.15, 0.2) is 4.34 Å². The van der Waals surface area contributed by atoms with Crippen molar-refractivity contribution in [3.63, 3.8) is 0 Å². The number of nitrogens with one attached hydrogen (secondary N) is 2. The fourth-order valence-corrected chi connectivity index (χ4v) is 4.33. The molecular weight excluding hydrogens is 408 g/mol. The van der Waals surface area contributed by atoms with Crippen LogP contribution in [0.1, 0.15) is 13.8 Å². The Hall–Kier alpha value is -2.78. The third-order valence-electron chi connectivity index (χ3n) is 3.82. The first-order valence-corrected chi connectivity index (χ1v) is 10.7. The van der Waals surface area contributed by atoms with Crippen molar-refractivity contribution in [3.05, 3.63) is 48.5 Å². The van der Waals surface area contributed by atoms with Crippen molar-refractivity contribution in [1.82, 2.24) is 10.2 Å². The SMILES string of the molecule is CCOc1ccccc1Nc1nnc(SC(C)C(=O)Nc2cccc(OC)c2)s1. The number of nitrogens with zero attached hydrogens (tertiary/aromatic N) is 2. The molecule has 3 rings (SSSR count). The van der Waals surface area contributed by atoms with E-state index in [9.17, 15) is 4.79 Å². The van der Waals surface area contributed by atoms with Gasteiger partial charge < -0.3 is 20.1 Å². The van der Waals surface area contributed by atoms with E-state index in [1.807, 2.05) is 56.3 Å². The second-order valence-electron chi connectivity index (χ2n) is 5.91. The van der Waals surface area contributed by atoms with Crippen LogP contribution in [0.25, 0.3) is 0 Å². The van der Waals surface area contributed by atoms with Gasteiger partial charge in [-0.1, -0.05) is 41.3 Å². The fourth-order valence-electron chi connectivity index (χ4n) is 2.42. The molecule has 1 heterocycles. The van der Waals surface area contributed by atoms with Crippen molar-refractivity contribution in [2.75, 3.05) is 24.4 Å². The Morgan fingerprint density at radius 3 is 2.83 bits per heavy atom. The molecule has 7 nitrogen and oxygen atoms in total. The van der Waals surface area contributed by atoms with Gasteiger partial charge in [-0.15, -0.1) is 10.2 Å². The maximum atomic E-state index is 12.5. The second-order valence-corrected chi connectivity index (χ2v) is 8.47. The largest absolute Gasteiger partial charge is 0.497 e. The lowest BCUT2D eigenvalue weighted by Crippen LogP contribution is -2.22. The molecule has 0 radical (unpaired) electrons. The number of ether oxygens (including phenoxy) is 2. The lowest BCUT2D eigenvalue weighted by molar-refractivity contribution is -0.115. The topological polar surface area (TPSA) is 85.4 Å². The Balaban J connectivity index is 1.60. The van der Waals surface area contributed by atoms with Crippen molar-refractivity contribution in [2.24, 2.45) is 0 Å². The molecule has 0 fully saturated rings. The number of hydrogen-bond acceptors (Lipinski definition) is 8. The van der Waals surface area contributed by atoms with E-state index in [1.165, 1.54) is 23.1 Å². The minimum absolute atomic E-state index is 0.116. The smallest absolute Gasteiger partial charge is 0.237 e. The molecule has 0 spiro atoms. The molecule has 0 aliphatic rings. The van der Waals surface area contributed by atoms with Crippen molar-refractivity contribution < 1.29 is 14.3 Å². The zero-order valence-corrected chi connectivity index (χ0v) is 18.0. The minimum atomic E-state index is -0.335. The predicted molar refractivity (Wildman–Crippen MR) is 118 cm³/mol. The number of para-hydroxylation sites is 2. The van der Waals surface area contributed by atoms with E-state index in [0.717, 1.165) is 11.4 Å². The van der Waals surface area contributed by atoms with Crippen molar-refractivity contribution in [3.8, 4) is 11.5 Å². The second kappa shape index (κ2) is 10.1. The summed E-state index contributed by atoms with van der Waals surface area (Å²) in [5.74, 6) is 1.33. The van der Waals surface area contributed by atoms with Gasteiger partial charge in [-0.3, -0.25) is 4.79 Å². The van der Waals surface area contributed by atoms with Crippen molar-refractivity contribution in [2.45, 2.75) is 23.4 Å². The van der Waals surface area contributed by atoms with Crippen molar-refractivity contribution in [1.29, 1.82) is 0 Å². The molecule has 0 saturated heterocycles. The zero-order valence-electron chi connectivity index (χ0n) is 16.3. The Morgan fingerprint density at radius 1 is 1.21 bits per heavy atom. The highest BCUT2D eigenvalue weighted by atomic mass is 32.2. The summed E-state index contributed by atoms with van der Waals surface area (Å²) in [6.45, 7) is 4.35. The third-order valence-corrected chi connectivity index (χ3v) is 5.84. The number of benzene rings is 2. The summed E-state index contributed by atoms with van der Waals surface area (Å²) in [5, 5.41) is 14.8. The molecule has 0 aliphatic carbocycles. The van der Waals surface area contributed by atoms with Crippen LogP contribution in [0.3, 0.4) is 0 Å². The highest BCUT2D eigenvalue weighted by molar-refractivity contribution is 8.02. The lowest BCUT2D eigenvalue weighted by Gasteiger charge is -2.11. The number of hydrogen-bond donors (Lipinski definition) is 2. The lowest BCUT2D eigenvalue weighted by atomic mass is 10.3. The molecule has 3 aromatic rings. The van der Waals surface area contributed by atoms with Gasteiger partial charge in [0.2, 0.25) is 11.0 Å². The van der Waals surface area contributed by atoms with Gasteiger partial charge in [0.25, 0.3) is 0 Å². The normalized spacial score (nSPS) is 11.6. The predicted octanol–water partition coefficient (Wildman–Crippen LogP) is 4.81. The molecule has 29 heavy (non-hydrogen) atoms. The van der Waals surface area contributed by atoms with Gasteiger partial charge in [-0.05, 0) is 38.1 Å². The van der Waals surface area contributed by atoms with Gasteiger partial charge in [-0.2, -0.15) is 0 Å². The average Bonchev–Trinajstić information content (AvgIpc) is 3.16. The minimum Gasteiger partial charge on any atom is -0.497 e. The molecule has 1 amide bonds. The van der Waals surface area contributed by atoms with Gasteiger partial charge in [0, 0.05) is 11.8 Å². The fraction of sp³-hybridized carbons (Fsp3) is 0.250. The number of thioether (sulfide) groups is 1. The highest BCUT2D eigenvalue weighted by Gasteiger charge is 2.18. The van der Waals surface area contributed by atoms with Crippen LogP contribution >= 0.6 is 23.1 Å². The molecule has 1 aromatic heterocycles. The summed E-state index contributed by atoms with van der Waals surface area (Å²) in [4.78, 5) is 12.5. The van der Waals surface area contributed by atoms with Gasteiger partial charge in [0.05, 0.1) is 24.7 Å². The van der Waals surface area contributed by atoms with Crippen LogP contribution in [-0.2, 0) is 4.79 Å². The molecule has 2 aromatic carbocycles. The summed E-state index contributed by atoms with van der Waals surface area (Å²) in [7, 11) is 1.59. The number of rotatable bonds is 9. The van der Waals surface area contributed by atoms with Gasteiger partial charge >= 0.3 is 0 Å². The number of methoxy groups -OCH3 is 1. The first kappa shape index (κ1) is 20.9. The highest BCUT2D eigenvalue weighted by Crippen LogP contribution is 2.33. The number of amides is 1. The molecular formula is C20H22N4O3S2. The van der Waals surface area contributed by atoms with E-state index in [1.54, 1.807) is 13.2 Å². The van der Waals surface area contributed by atoms with Crippen LogP contribution in [0.15, 0.2) is 52.9 Å². The van der Waals surface area contributed by atoms with E-state index < -0.39 is 0 Å². The van der Waals surface area contributed by atoms with E-state index in [2.05, 4.69) is 20.8 Å². The van der Waals surface area contributed by atoms with Crippen LogP contribution in [-0.4, -0.2) is 35.1 Å². The van der Waals surface area contributed by atoms with Crippen LogP contribution in [0, 0.1) is 0 Å². The maximum absolute atomic E-state index is 12.5. The molecule has 2 N–H and O–H groups in total. The Labute approximate surface area is 177 Å². The van der Waals surface area contributed by atoms with Crippen LogP contribution in [0.5, 0.6) is 11.5 Å². The summed E-state index contributed by atoms with van der Waals surface area (Å²) < 4.78 is 11.5. The zero-order chi connectivity index (χ0) is 20.6. The molecule has 9 heteroatoms. The van der Waals surface area contributed by atoms with E-state index in [-0.39, 0.29) is 11.2 Å². The van der Waals surface area contributed by atoms with Crippen LogP contribution in [0.2, 0.25) is 0 Å². The molecule has 0 saturated carbocycles. The summed E-state index contributed by atoms with van der Waals surface area (Å²) in [6.07, 6.45) is 0. The maximum Gasteiger partial charge on any atom is 0.237 e. The quantitative estimate of drug-likeness (QED) is 0.471. The summed E-state index contributed by atoms with van der Waals surface area (Å²) in [6, 6.07) is 14.9. The molecule has 1 atom stereocenters. The van der Waals surface area contributed by atoms with Crippen LogP contribution in [0.4, 0.5) is 16.5 Å². The number of anilines is 3. The van der Waals surface area contributed by atoms with E-state index >= 15 is 0 Å². The number of carbonyl (C=O) groups excluding carboxylic acids is 1. The standard InChI is InChI=1S/C20H22N4O3S2/c1-4-27-17-11-6-5-10-16(17)22-19-23-24-20(29-19)28-13(2)18(25)21-14-8-7-9-15(12-14)26-3/h5-13H,4H2,1-3H3,(H,21,25)(H,22,23). The Morgan fingerprint density at radius 2 is 2.03 bits per heavy atom. The van der Waals surface area contributed by atoms with E-state index in [4.69, 9.17) is 9.47 Å². The summed E-state index contributed by atoms with van der Waals surface area (Å²) in [5.41, 5.74) is 1.51. The first-order chi connectivity index (χ1) is 14.1. The summed E-state index contributed by atoms with van der Waals surface area (Å²) >= 11 is 2.74. The molecule has 0 aliphatic heterocycles. The first-order valence-electron chi connectivity index (χ1n) is 9.03. The monoisotopic (exact) mass is 430 g/mol. The number of aromatic nitrogens is 2. The van der Waals surface area contributed by atoms with Gasteiger partial charge in [-0.25, -0.2) is 0 Å². The van der Waals surface area contributed by atoms with Crippen molar-refractivity contribution >= 4 is 45.5 Å². The number of carbonyl (C=O) groups is 1. The Kier molecular flexibility index (Phi) is 7.31. The van der Waals surface area contributed by atoms with Gasteiger partial charge in [0.1, 0.15) is 11.5 Å². The Bertz CT molecular complexity index is 964. The average molecular weight is 431 g/mol. The van der Waals surface area contributed by atoms with E-state index in [0.29, 0.717) is 27.5 Å².